The molecule has 0 unspecified atom stereocenters. The van der Waals surface area contributed by atoms with Crippen LogP contribution in [0.25, 0.3) is 0 Å². The zero-order valence-electron chi connectivity index (χ0n) is 15.0. The standard InChI is InChI=1S/C18H30N4O2/c1-3-5-7-8-10-21-17(23)9-14-22(13-6-4-2)18(24)16-15-19-11-12-20-16/h11-12,15H,3-10,13-14H2,1-2H3,(H,21,23). The van der Waals surface area contributed by atoms with E-state index in [2.05, 4.69) is 29.1 Å². The fourth-order valence-corrected chi connectivity index (χ4v) is 2.34. The number of hydrogen-bond donors (Lipinski definition) is 1. The predicted molar refractivity (Wildman–Crippen MR) is 94.6 cm³/mol. The lowest BCUT2D eigenvalue weighted by Crippen LogP contribution is -2.36. The topological polar surface area (TPSA) is 75.2 Å². The van der Waals surface area contributed by atoms with E-state index >= 15 is 0 Å². The Morgan fingerprint density at radius 1 is 1.04 bits per heavy atom. The SMILES string of the molecule is CCCCCCNC(=O)CCN(CCCC)C(=O)c1cnccn1. The summed E-state index contributed by atoms with van der Waals surface area (Å²) >= 11 is 0. The number of carbonyl (C=O) groups excluding carboxylic acids is 2. The van der Waals surface area contributed by atoms with Gasteiger partial charge in [-0.25, -0.2) is 4.98 Å². The first-order valence-electron chi connectivity index (χ1n) is 9.01. The van der Waals surface area contributed by atoms with Gasteiger partial charge in [-0.2, -0.15) is 0 Å². The van der Waals surface area contributed by atoms with Crippen LogP contribution >= 0.6 is 0 Å². The largest absolute Gasteiger partial charge is 0.356 e. The Bertz CT molecular complexity index is 479. The van der Waals surface area contributed by atoms with Gasteiger partial charge in [-0.05, 0) is 12.8 Å². The Kier molecular flexibility index (Phi) is 10.4. The molecule has 0 saturated heterocycles. The van der Waals surface area contributed by atoms with E-state index in [1.165, 1.54) is 25.2 Å². The highest BCUT2D eigenvalue weighted by Gasteiger charge is 2.17. The lowest BCUT2D eigenvalue weighted by molar-refractivity contribution is -0.121. The van der Waals surface area contributed by atoms with Gasteiger partial charge < -0.3 is 10.2 Å². The van der Waals surface area contributed by atoms with Gasteiger partial charge in [0.25, 0.3) is 5.91 Å². The molecule has 6 nitrogen and oxygen atoms in total. The molecule has 24 heavy (non-hydrogen) atoms. The molecule has 0 aliphatic carbocycles. The van der Waals surface area contributed by atoms with Crippen LogP contribution in [0.15, 0.2) is 18.6 Å². The molecule has 0 bridgehead atoms. The molecule has 0 aliphatic rings. The highest BCUT2D eigenvalue weighted by molar-refractivity contribution is 5.92. The van der Waals surface area contributed by atoms with Crippen molar-refractivity contribution in [1.82, 2.24) is 20.2 Å². The molecule has 1 heterocycles. The zero-order chi connectivity index (χ0) is 17.6. The van der Waals surface area contributed by atoms with Gasteiger partial charge in [0.2, 0.25) is 5.91 Å². The van der Waals surface area contributed by atoms with Crippen LogP contribution in [0, 0.1) is 0 Å². The van der Waals surface area contributed by atoms with Crippen molar-refractivity contribution in [2.45, 2.75) is 58.8 Å². The maximum absolute atomic E-state index is 12.5. The average molecular weight is 334 g/mol. The zero-order valence-corrected chi connectivity index (χ0v) is 15.0. The molecular weight excluding hydrogens is 304 g/mol. The van der Waals surface area contributed by atoms with Gasteiger partial charge in [-0.15, -0.1) is 0 Å². The number of carbonyl (C=O) groups is 2. The Morgan fingerprint density at radius 2 is 1.83 bits per heavy atom. The van der Waals surface area contributed by atoms with Crippen LogP contribution in [0.4, 0.5) is 0 Å². The van der Waals surface area contributed by atoms with Crippen molar-refractivity contribution in [3.05, 3.63) is 24.3 Å². The summed E-state index contributed by atoms with van der Waals surface area (Å²) in [5.74, 6) is -0.160. The number of amides is 2. The quantitative estimate of drug-likeness (QED) is 0.596. The highest BCUT2D eigenvalue weighted by Crippen LogP contribution is 2.04. The van der Waals surface area contributed by atoms with Crippen molar-refractivity contribution in [3.63, 3.8) is 0 Å². The second-order valence-electron chi connectivity index (χ2n) is 5.90. The van der Waals surface area contributed by atoms with E-state index in [4.69, 9.17) is 0 Å². The molecule has 0 fully saturated rings. The molecule has 6 heteroatoms. The van der Waals surface area contributed by atoms with Crippen LogP contribution in [0.3, 0.4) is 0 Å². The minimum Gasteiger partial charge on any atom is -0.356 e. The molecular formula is C18H30N4O2. The van der Waals surface area contributed by atoms with Gasteiger partial charge in [0.15, 0.2) is 0 Å². The molecule has 134 valence electrons. The minimum absolute atomic E-state index is 0.0000530. The molecule has 0 aromatic carbocycles. The van der Waals surface area contributed by atoms with Crippen LogP contribution in [-0.2, 0) is 4.79 Å². The normalized spacial score (nSPS) is 10.4. The molecule has 1 aromatic heterocycles. The molecule has 0 radical (unpaired) electrons. The molecule has 2 amide bonds. The Balaban J connectivity index is 2.42. The van der Waals surface area contributed by atoms with Gasteiger partial charge in [0.1, 0.15) is 5.69 Å². The molecule has 0 atom stereocenters. The number of hydrogen-bond acceptors (Lipinski definition) is 4. The number of nitrogens with one attached hydrogen (secondary N) is 1. The minimum atomic E-state index is -0.160. The van der Waals surface area contributed by atoms with Crippen LogP contribution in [0.5, 0.6) is 0 Å². The Hall–Kier alpha value is -1.98. The van der Waals surface area contributed by atoms with Crippen LogP contribution in [-0.4, -0.2) is 46.3 Å². The van der Waals surface area contributed by atoms with Crippen molar-refractivity contribution in [3.8, 4) is 0 Å². The Labute approximate surface area is 145 Å². The van der Waals surface area contributed by atoms with Gasteiger partial charge in [-0.3, -0.25) is 14.6 Å². The summed E-state index contributed by atoms with van der Waals surface area (Å²) in [7, 11) is 0. The van der Waals surface area contributed by atoms with E-state index in [0.29, 0.717) is 31.7 Å². The first kappa shape index (κ1) is 20.1. The summed E-state index contributed by atoms with van der Waals surface area (Å²) in [6, 6.07) is 0. The molecule has 0 saturated carbocycles. The molecule has 1 aromatic rings. The molecule has 1 rings (SSSR count). The predicted octanol–water partition coefficient (Wildman–Crippen LogP) is 2.81. The second-order valence-corrected chi connectivity index (χ2v) is 5.90. The second kappa shape index (κ2) is 12.4. The summed E-state index contributed by atoms with van der Waals surface area (Å²) < 4.78 is 0. The van der Waals surface area contributed by atoms with E-state index in [0.717, 1.165) is 25.7 Å². The smallest absolute Gasteiger partial charge is 0.274 e. The van der Waals surface area contributed by atoms with E-state index < -0.39 is 0 Å². The van der Waals surface area contributed by atoms with E-state index in [1.54, 1.807) is 11.1 Å². The summed E-state index contributed by atoms with van der Waals surface area (Å²) in [6.07, 6.45) is 11.3. The fourth-order valence-electron chi connectivity index (χ4n) is 2.34. The monoisotopic (exact) mass is 334 g/mol. The maximum Gasteiger partial charge on any atom is 0.274 e. The van der Waals surface area contributed by atoms with Crippen molar-refractivity contribution in [2.24, 2.45) is 0 Å². The third-order valence-corrected chi connectivity index (χ3v) is 3.81. The summed E-state index contributed by atoms with van der Waals surface area (Å²) in [6.45, 7) is 6.00. The number of rotatable bonds is 12. The number of unbranched alkanes of at least 4 members (excludes halogenated alkanes) is 4. The van der Waals surface area contributed by atoms with E-state index in [1.807, 2.05) is 0 Å². The third-order valence-electron chi connectivity index (χ3n) is 3.81. The summed E-state index contributed by atoms with van der Waals surface area (Å²) in [5, 5.41) is 2.93. The van der Waals surface area contributed by atoms with E-state index in [-0.39, 0.29) is 11.8 Å². The first-order valence-corrected chi connectivity index (χ1v) is 9.01. The average Bonchev–Trinajstić information content (AvgIpc) is 2.62. The van der Waals surface area contributed by atoms with E-state index in [9.17, 15) is 9.59 Å². The maximum atomic E-state index is 12.5. The number of nitrogens with zero attached hydrogens (tertiary/aromatic N) is 3. The fraction of sp³-hybridized carbons (Fsp3) is 0.667. The highest BCUT2D eigenvalue weighted by atomic mass is 16.2. The van der Waals surface area contributed by atoms with Crippen LogP contribution in [0.1, 0.15) is 69.3 Å². The summed E-state index contributed by atoms with van der Waals surface area (Å²) in [4.78, 5) is 34.1. The molecule has 0 spiro atoms. The lowest BCUT2D eigenvalue weighted by Gasteiger charge is -2.21. The molecule has 0 aliphatic heterocycles. The lowest BCUT2D eigenvalue weighted by atomic mass is 10.2. The van der Waals surface area contributed by atoms with Gasteiger partial charge in [0.05, 0.1) is 6.20 Å². The van der Waals surface area contributed by atoms with Crippen molar-refractivity contribution < 1.29 is 9.59 Å². The third kappa shape index (κ3) is 8.04. The van der Waals surface area contributed by atoms with Crippen molar-refractivity contribution >= 4 is 11.8 Å². The Morgan fingerprint density at radius 3 is 2.50 bits per heavy atom. The van der Waals surface area contributed by atoms with Crippen molar-refractivity contribution in [2.75, 3.05) is 19.6 Å². The first-order chi connectivity index (χ1) is 11.7. The van der Waals surface area contributed by atoms with Gasteiger partial charge in [0, 0.05) is 38.4 Å². The van der Waals surface area contributed by atoms with Crippen molar-refractivity contribution in [1.29, 1.82) is 0 Å². The van der Waals surface area contributed by atoms with Gasteiger partial charge >= 0.3 is 0 Å². The van der Waals surface area contributed by atoms with Crippen LogP contribution < -0.4 is 5.32 Å². The summed E-state index contributed by atoms with van der Waals surface area (Å²) in [5.41, 5.74) is 0.327. The number of aromatic nitrogens is 2. The van der Waals surface area contributed by atoms with Crippen LogP contribution in [0.2, 0.25) is 0 Å². The molecule has 1 N–H and O–H groups in total. The van der Waals surface area contributed by atoms with Gasteiger partial charge in [-0.1, -0.05) is 39.5 Å².